The number of methoxy groups -OCH3 is 3. The third-order valence-electron chi connectivity index (χ3n) is 4.21. The van der Waals surface area contributed by atoms with Gasteiger partial charge in [0.2, 0.25) is 18.4 Å². The van der Waals surface area contributed by atoms with Crippen molar-refractivity contribution in [1.82, 2.24) is 9.97 Å². The van der Waals surface area contributed by atoms with Gasteiger partial charge in [0.25, 0.3) is 0 Å². The van der Waals surface area contributed by atoms with Gasteiger partial charge in [-0.15, -0.1) is 0 Å². The van der Waals surface area contributed by atoms with E-state index in [0.29, 0.717) is 46.4 Å². The van der Waals surface area contributed by atoms with E-state index >= 15 is 0 Å². The van der Waals surface area contributed by atoms with Gasteiger partial charge in [0.1, 0.15) is 18.5 Å². The lowest BCUT2D eigenvalue weighted by Gasteiger charge is -2.15. The lowest BCUT2D eigenvalue weighted by atomic mass is 10.2. The summed E-state index contributed by atoms with van der Waals surface area (Å²) in [5.41, 5.74) is 1.50. The van der Waals surface area contributed by atoms with Gasteiger partial charge in [0, 0.05) is 0 Å². The van der Waals surface area contributed by atoms with Gasteiger partial charge >= 0.3 is 0 Å². The zero-order chi connectivity index (χ0) is 18.8. The van der Waals surface area contributed by atoms with Gasteiger partial charge in [-0.3, -0.25) is 0 Å². The molecule has 3 aromatic rings. The van der Waals surface area contributed by atoms with Gasteiger partial charge in [0.15, 0.2) is 23.0 Å². The summed E-state index contributed by atoms with van der Waals surface area (Å²) in [4.78, 5) is 8.57. The van der Waals surface area contributed by atoms with E-state index in [4.69, 9.17) is 28.4 Å². The molecule has 2 heterocycles. The van der Waals surface area contributed by atoms with Crippen molar-refractivity contribution in [3.8, 4) is 34.6 Å². The van der Waals surface area contributed by atoms with E-state index < -0.39 is 0 Å². The summed E-state index contributed by atoms with van der Waals surface area (Å²) in [5, 5.41) is 0.660. The molecule has 0 spiro atoms. The molecule has 1 aliphatic heterocycles. The van der Waals surface area contributed by atoms with Crippen LogP contribution in [0.3, 0.4) is 0 Å². The molecule has 140 valence electrons. The van der Waals surface area contributed by atoms with Crippen molar-refractivity contribution in [2.24, 2.45) is 0 Å². The zero-order valence-electron chi connectivity index (χ0n) is 15.1. The molecular formula is C19H18N2O6. The molecule has 0 aliphatic carbocycles. The minimum absolute atomic E-state index is 0.234. The smallest absolute Gasteiger partial charge is 0.231 e. The van der Waals surface area contributed by atoms with E-state index in [1.54, 1.807) is 27.4 Å². The molecule has 0 bridgehead atoms. The topological polar surface area (TPSA) is 81.2 Å². The Morgan fingerprint density at radius 1 is 0.926 bits per heavy atom. The summed E-state index contributed by atoms with van der Waals surface area (Å²) in [7, 11) is 4.65. The number of rotatable bonds is 6. The Hall–Kier alpha value is -3.42. The molecule has 27 heavy (non-hydrogen) atoms. The van der Waals surface area contributed by atoms with Gasteiger partial charge in [-0.1, -0.05) is 6.07 Å². The highest BCUT2D eigenvalue weighted by atomic mass is 16.7. The van der Waals surface area contributed by atoms with Crippen LogP contribution in [0.25, 0.3) is 10.9 Å². The quantitative estimate of drug-likeness (QED) is 0.655. The van der Waals surface area contributed by atoms with Crippen molar-refractivity contribution in [1.29, 1.82) is 0 Å². The summed E-state index contributed by atoms with van der Waals surface area (Å²) in [6, 6.07) is 7.43. The van der Waals surface area contributed by atoms with Gasteiger partial charge in [0.05, 0.1) is 26.7 Å². The fourth-order valence-electron chi connectivity index (χ4n) is 2.94. The number of fused-ring (bicyclic) bond motifs is 2. The Bertz CT molecular complexity index is 992. The molecule has 0 unspecified atom stereocenters. The predicted octanol–water partition coefficient (Wildman–Crippen LogP) is 2.96. The molecule has 4 rings (SSSR count). The Morgan fingerprint density at radius 3 is 2.52 bits per heavy atom. The Morgan fingerprint density at radius 2 is 1.74 bits per heavy atom. The van der Waals surface area contributed by atoms with Crippen LogP contribution in [0, 0.1) is 0 Å². The van der Waals surface area contributed by atoms with Crippen molar-refractivity contribution in [3.05, 3.63) is 36.2 Å². The highest BCUT2D eigenvalue weighted by molar-refractivity contribution is 5.93. The van der Waals surface area contributed by atoms with Crippen LogP contribution in [0.2, 0.25) is 0 Å². The molecule has 0 atom stereocenters. The average Bonchev–Trinajstić information content (AvgIpc) is 3.18. The number of hydrogen-bond acceptors (Lipinski definition) is 8. The lowest BCUT2D eigenvalue weighted by Crippen LogP contribution is -2.01. The maximum absolute atomic E-state index is 5.94. The van der Waals surface area contributed by atoms with E-state index in [1.165, 1.54) is 6.33 Å². The van der Waals surface area contributed by atoms with Crippen molar-refractivity contribution in [2.75, 3.05) is 28.1 Å². The first kappa shape index (κ1) is 17.0. The number of ether oxygens (including phenoxy) is 6. The second kappa shape index (κ2) is 7.06. The average molecular weight is 370 g/mol. The second-order valence-electron chi connectivity index (χ2n) is 5.70. The summed E-state index contributed by atoms with van der Waals surface area (Å²) < 4.78 is 32.9. The summed E-state index contributed by atoms with van der Waals surface area (Å²) >= 11 is 0. The largest absolute Gasteiger partial charge is 0.493 e. The van der Waals surface area contributed by atoms with Crippen molar-refractivity contribution < 1.29 is 28.4 Å². The molecule has 0 fully saturated rings. The monoisotopic (exact) mass is 370 g/mol. The van der Waals surface area contributed by atoms with E-state index in [1.807, 2.05) is 18.2 Å². The Labute approximate surface area is 155 Å². The first-order chi connectivity index (χ1) is 13.2. The molecule has 8 heteroatoms. The number of benzene rings is 2. The summed E-state index contributed by atoms with van der Waals surface area (Å²) in [6.45, 7) is 0.539. The van der Waals surface area contributed by atoms with Crippen molar-refractivity contribution >= 4 is 10.9 Å². The van der Waals surface area contributed by atoms with Gasteiger partial charge in [-0.05, 0) is 23.8 Å². The van der Waals surface area contributed by atoms with Crippen LogP contribution in [-0.4, -0.2) is 38.1 Å². The zero-order valence-corrected chi connectivity index (χ0v) is 15.1. The van der Waals surface area contributed by atoms with Gasteiger partial charge in [-0.2, -0.15) is 0 Å². The Balaban J connectivity index is 1.69. The highest BCUT2D eigenvalue weighted by Gasteiger charge is 2.20. The summed E-state index contributed by atoms with van der Waals surface area (Å²) in [5.74, 6) is 3.28. The van der Waals surface area contributed by atoms with Crippen molar-refractivity contribution in [2.45, 2.75) is 6.61 Å². The predicted molar refractivity (Wildman–Crippen MR) is 96.1 cm³/mol. The minimum Gasteiger partial charge on any atom is -0.493 e. The second-order valence-corrected chi connectivity index (χ2v) is 5.70. The maximum Gasteiger partial charge on any atom is 0.231 e. The van der Waals surface area contributed by atoms with Gasteiger partial charge in [-0.25, -0.2) is 9.97 Å². The molecule has 0 N–H and O–H groups in total. The maximum atomic E-state index is 5.94. The minimum atomic E-state index is 0.234. The highest BCUT2D eigenvalue weighted by Crippen LogP contribution is 2.44. The number of aromatic nitrogens is 2. The van der Waals surface area contributed by atoms with Crippen LogP contribution >= 0.6 is 0 Å². The molecule has 0 radical (unpaired) electrons. The molecule has 0 saturated carbocycles. The SMILES string of the molecule is COc1cc2c(OCc3ccc4c(c3)OCO4)ncnc2c(OC)c1OC. The first-order valence-corrected chi connectivity index (χ1v) is 8.20. The molecule has 8 nitrogen and oxygen atoms in total. The third-order valence-corrected chi connectivity index (χ3v) is 4.21. The first-order valence-electron chi connectivity index (χ1n) is 8.20. The van der Waals surface area contributed by atoms with Crippen LogP contribution in [0.4, 0.5) is 0 Å². The lowest BCUT2D eigenvalue weighted by molar-refractivity contribution is 0.174. The summed E-state index contributed by atoms with van der Waals surface area (Å²) in [6.07, 6.45) is 1.42. The van der Waals surface area contributed by atoms with Crippen LogP contribution in [-0.2, 0) is 6.61 Å². The molecule has 1 aromatic heterocycles. The van der Waals surface area contributed by atoms with Crippen molar-refractivity contribution in [3.63, 3.8) is 0 Å². The van der Waals surface area contributed by atoms with Crippen LogP contribution in [0.1, 0.15) is 5.56 Å². The molecule has 1 aliphatic rings. The Kier molecular flexibility index (Phi) is 4.45. The van der Waals surface area contributed by atoms with Crippen LogP contribution < -0.4 is 28.4 Å². The van der Waals surface area contributed by atoms with E-state index in [0.717, 1.165) is 11.3 Å². The fourth-order valence-corrected chi connectivity index (χ4v) is 2.94. The standard InChI is InChI=1S/C19H18N2O6/c1-22-15-7-12-16(18(24-3)17(15)23-2)20-9-21-19(12)25-8-11-4-5-13-14(6-11)27-10-26-13/h4-7,9H,8,10H2,1-3H3. The van der Waals surface area contributed by atoms with E-state index in [2.05, 4.69) is 9.97 Å². The van der Waals surface area contributed by atoms with Gasteiger partial charge < -0.3 is 28.4 Å². The fraction of sp³-hybridized carbons (Fsp3) is 0.263. The molecule has 0 amide bonds. The van der Waals surface area contributed by atoms with Crippen LogP contribution in [0.5, 0.6) is 34.6 Å². The van der Waals surface area contributed by atoms with E-state index in [-0.39, 0.29) is 6.79 Å². The number of hydrogen-bond donors (Lipinski definition) is 0. The third kappa shape index (κ3) is 2.99. The van der Waals surface area contributed by atoms with E-state index in [9.17, 15) is 0 Å². The molecular weight excluding hydrogens is 352 g/mol. The molecule has 2 aromatic carbocycles. The normalized spacial score (nSPS) is 12.1. The molecule has 0 saturated heterocycles. The van der Waals surface area contributed by atoms with Crippen LogP contribution in [0.15, 0.2) is 30.6 Å². The number of nitrogens with zero attached hydrogens (tertiary/aromatic N) is 2.